The number of hydrogen-bond acceptors (Lipinski definition) is 3. The zero-order valence-electron chi connectivity index (χ0n) is 15.5. The van der Waals surface area contributed by atoms with E-state index in [1.807, 2.05) is 37.3 Å². The van der Waals surface area contributed by atoms with Crippen molar-refractivity contribution in [1.82, 2.24) is 0 Å². The van der Waals surface area contributed by atoms with Crippen LogP contribution >= 0.6 is 0 Å². The van der Waals surface area contributed by atoms with Crippen LogP contribution in [0.3, 0.4) is 0 Å². The summed E-state index contributed by atoms with van der Waals surface area (Å²) in [5, 5.41) is 10.8. The number of sulfone groups is 1. The third-order valence-corrected chi connectivity index (χ3v) is 5.66. The topological polar surface area (TPSA) is 54.4 Å². The first kappa shape index (κ1) is 19.9. The van der Waals surface area contributed by atoms with Crippen LogP contribution in [0.4, 0.5) is 0 Å². The molecule has 0 saturated carbocycles. The monoisotopic (exact) mass is 368 g/mol. The lowest BCUT2D eigenvalue weighted by molar-refractivity contribution is 0.255. The molecule has 0 aliphatic heterocycles. The first-order valence-corrected chi connectivity index (χ1v) is 9.87. The number of aryl methyl sites for hydroxylation is 1. The van der Waals surface area contributed by atoms with E-state index in [1.54, 1.807) is 51.1 Å². The van der Waals surface area contributed by atoms with Crippen LogP contribution in [0.25, 0.3) is 6.08 Å². The van der Waals surface area contributed by atoms with E-state index < -0.39 is 15.9 Å². The van der Waals surface area contributed by atoms with Crippen molar-refractivity contribution in [3.05, 3.63) is 87.5 Å². The molecule has 0 amide bonds. The van der Waals surface area contributed by atoms with Crippen molar-refractivity contribution >= 4 is 15.9 Å². The summed E-state index contributed by atoms with van der Waals surface area (Å²) in [4.78, 5) is 0.0180. The third-order valence-electron chi connectivity index (χ3n) is 3.87. The fourth-order valence-corrected chi connectivity index (χ4v) is 4.04. The Morgan fingerprint density at radius 3 is 2.12 bits per heavy atom. The maximum Gasteiger partial charge on any atom is 0.212 e. The smallest absolute Gasteiger partial charge is 0.212 e. The summed E-state index contributed by atoms with van der Waals surface area (Å²) in [6.45, 7) is 7.13. The molecule has 0 heterocycles. The van der Waals surface area contributed by atoms with Crippen LogP contribution in [-0.2, 0) is 9.84 Å². The first-order chi connectivity index (χ1) is 12.2. The zero-order chi connectivity index (χ0) is 19.3. The largest absolute Gasteiger partial charge is 0.383 e. The Kier molecular flexibility index (Phi) is 6.38. The molecule has 3 nitrogen and oxygen atoms in total. The summed E-state index contributed by atoms with van der Waals surface area (Å²) in [6.07, 6.45) is 0.513. The van der Waals surface area contributed by atoms with Crippen molar-refractivity contribution in [3.63, 3.8) is 0 Å². The molecule has 1 N–H and O–H groups in total. The van der Waals surface area contributed by atoms with Crippen molar-refractivity contribution in [2.45, 2.75) is 38.7 Å². The molecule has 0 fully saturated rings. The van der Waals surface area contributed by atoms with Gasteiger partial charge in [0.15, 0.2) is 0 Å². The van der Waals surface area contributed by atoms with E-state index in [-0.39, 0.29) is 9.80 Å². The molecule has 4 heteroatoms. The highest BCUT2D eigenvalue weighted by Gasteiger charge is 2.28. The summed E-state index contributed by atoms with van der Waals surface area (Å²) in [7, 11) is -3.86. The molecule has 0 aliphatic carbocycles. The normalized spacial score (nSPS) is 13.0. The zero-order valence-corrected chi connectivity index (χ0v) is 16.3. The molecular weight excluding hydrogens is 344 g/mol. The summed E-state index contributed by atoms with van der Waals surface area (Å²) in [5.41, 5.74) is 5.94. The SMILES string of the molecule is CC(C)=C=C(C(O)/C(C)=C/c1ccccc1)S(=O)(=O)c1ccc(C)cc1. The van der Waals surface area contributed by atoms with Crippen LogP contribution in [0.15, 0.2) is 81.3 Å². The number of rotatable bonds is 5. The van der Waals surface area contributed by atoms with Crippen molar-refractivity contribution in [3.8, 4) is 0 Å². The van der Waals surface area contributed by atoms with E-state index in [1.165, 1.54) is 0 Å². The van der Waals surface area contributed by atoms with Gasteiger partial charge in [0, 0.05) is 0 Å². The highest BCUT2D eigenvalue weighted by molar-refractivity contribution is 7.95. The predicted octanol–water partition coefficient (Wildman–Crippen LogP) is 4.68. The third kappa shape index (κ3) is 4.83. The molecule has 2 rings (SSSR count). The van der Waals surface area contributed by atoms with E-state index >= 15 is 0 Å². The Morgan fingerprint density at radius 1 is 1.00 bits per heavy atom. The fourth-order valence-electron chi connectivity index (χ4n) is 2.47. The van der Waals surface area contributed by atoms with Crippen molar-refractivity contribution < 1.29 is 13.5 Å². The van der Waals surface area contributed by atoms with Gasteiger partial charge < -0.3 is 5.11 Å². The molecule has 0 aromatic heterocycles. The average molecular weight is 368 g/mol. The van der Waals surface area contributed by atoms with Gasteiger partial charge in [-0.05, 0) is 56.5 Å². The number of benzene rings is 2. The van der Waals surface area contributed by atoms with E-state index in [0.29, 0.717) is 11.1 Å². The van der Waals surface area contributed by atoms with Crippen molar-refractivity contribution in [2.24, 2.45) is 0 Å². The maximum atomic E-state index is 13.1. The van der Waals surface area contributed by atoms with Gasteiger partial charge in [-0.3, -0.25) is 0 Å². The Balaban J connectivity index is 2.53. The van der Waals surface area contributed by atoms with Gasteiger partial charge in [0.2, 0.25) is 9.84 Å². The lowest BCUT2D eigenvalue weighted by Crippen LogP contribution is -2.19. The average Bonchev–Trinajstić information content (AvgIpc) is 2.60. The molecule has 1 unspecified atom stereocenters. The molecular formula is C22H24O3S. The molecule has 0 aliphatic rings. The number of hydrogen-bond donors (Lipinski definition) is 1. The number of aliphatic hydroxyl groups is 1. The van der Waals surface area contributed by atoms with Gasteiger partial charge in [-0.25, -0.2) is 8.42 Å². The van der Waals surface area contributed by atoms with Gasteiger partial charge >= 0.3 is 0 Å². The Labute approximate surface area is 155 Å². The lowest BCUT2D eigenvalue weighted by atomic mass is 10.1. The summed E-state index contributed by atoms with van der Waals surface area (Å²) in [5.74, 6) is 0. The van der Waals surface area contributed by atoms with Crippen LogP contribution in [0, 0.1) is 6.92 Å². The predicted molar refractivity (Wildman–Crippen MR) is 106 cm³/mol. The van der Waals surface area contributed by atoms with E-state index in [4.69, 9.17) is 0 Å². The Bertz CT molecular complexity index is 956. The summed E-state index contributed by atoms with van der Waals surface area (Å²) >= 11 is 0. The molecule has 0 spiro atoms. The van der Waals surface area contributed by atoms with Crippen LogP contribution in [0.5, 0.6) is 0 Å². The van der Waals surface area contributed by atoms with Gasteiger partial charge in [0.05, 0.1) is 4.90 Å². The standard InChI is InChI=1S/C22H24O3S/c1-16(2)14-21(26(24,25)20-12-10-17(3)11-13-20)22(23)18(4)15-19-8-6-5-7-9-19/h5-13,15,22-23H,1-4H3/b18-15+. The van der Waals surface area contributed by atoms with Crippen LogP contribution < -0.4 is 0 Å². The van der Waals surface area contributed by atoms with Gasteiger partial charge in [-0.2, -0.15) is 0 Å². The van der Waals surface area contributed by atoms with Crippen LogP contribution in [0.2, 0.25) is 0 Å². The molecule has 2 aromatic carbocycles. The molecule has 1 atom stereocenters. The molecule has 2 aromatic rings. The minimum atomic E-state index is -3.86. The van der Waals surface area contributed by atoms with Crippen LogP contribution in [0.1, 0.15) is 31.9 Å². The quantitative estimate of drug-likeness (QED) is 0.780. The maximum absolute atomic E-state index is 13.1. The van der Waals surface area contributed by atoms with E-state index in [0.717, 1.165) is 11.1 Å². The highest BCUT2D eigenvalue weighted by atomic mass is 32.2. The molecule has 26 heavy (non-hydrogen) atoms. The van der Waals surface area contributed by atoms with Gasteiger partial charge in [0.25, 0.3) is 0 Å². The Morgan fingerprint density at radius 2 is 1.58 bits per heavy atom. The highest BCUT2D eigenvalue weighted by Crippen LogP contribution is 2.26. The van der Waals surface area contributed by atoms with Gasteiger partial charge in [-0.15, -0.1) is 5.73 Å². The second-order valence-corrected chi connectivity index (χ2v) is 8.43. The van der Waals surface area contributed by atoms with E-state index in [9.17, 15) is 13.5 Å². The minimum Gasteiger partial charge on any atom is -0.383 e. The molecule has 0 bridgehead atoms. The van der Waals surface area contributed by atoms with Gasteiger partial charge in [-0.1, -0.05) is 54.1 Å². The first-order valence-electron chi connectivity index (χ1n) is 8.39. The fraction of sp³-hybridized carbons (Fsp3) is 0.227. The summed E-state index contributed by atoms with van der Waals surface area (Å²) < 4.78 is 26.2. The minimum absolute atomic E-state index is 0.133. The summed E-state index contributed by atoms with van der Waals surface area (Å²) in [6, 6.07) is 16.1. The molecule has 0 saturated heterocycles. The van der Waals surface area contributed by atoms with Crippen LogP contribution in [-0.4, -0.2) is 19.6 Å². The molecule has 0 radical (unpaired) electrons. The van der Waals surface area contributed by atoms with Crippen molar-refractivity contribution in [2.75, 3.05) is 0 Å². The second-order valence-electron chi connectivity index (χ2n) is 6.51. The Hall–Kier alpha value is -2.39. The van der Waals surface area contributed by atoms with Gasteiger partial charge in [0.1, 0.15) is 11.0 Å². The number of aliphatic hydroxyl groups excluding tert-OH is 1. The van der Waals surface area contributed by atoms with E-state index in [2.05, 4.69) is 5.73 Å². The second kappa shape index (κ2) is 8.33. The van der Waals surface area contributed by atoms with Crippen molar-refractivity contribution in [1.29, 1.82) is 0 Å². The lowest BCUT2D eigenvalue weighted by Gasteiger charge is -2.15. The molecule has 136 valence electrons.